The highest BCUT2D eigenvalue weighted by atomic mass is 16.7. The third-order valence-corrected chi connectivity index (χ3v) is 9.64. The monoisotopic (exact) mass is 738 g/mol. The number of nitrogens with one attached hydrogen (secondary N) is 1. The summed E-state index contributed by atoms with van der Waals surface area (Å²) in [5.41, 5.74) is 0. The fraction of sp³-hybridized carbons (Fsp3) is 0.786. The molecule has 1 heterocycles. The minimum absolute atomic E-state index is 0.304. The van der Waals surface area contributed by atoms with E-state index in [1.165, 1.54) is 96.0 Å². The number of amides is 1. The minimum atomic E-state index is -1.61. The summed E-state index contributed by atoms with van der Waals surface area (Å²) in [6.07, 6.45) is 29.4. The molecule has 0 aromatic rings. The Morgan fingerprint density at radius 1 is 0.673 bits per heavy atom. The number of aliphatic hydroxyl groups excluding tert-OH is 6. The molecular formula is C42H75NO9. The van der Waals surface area contributed by atoms with E-state index in [-0.39, 0.29) is 6.61 Å². The van der Waals surface area contributed by atoms with Crippen LogP contribution in [0.3, 0.4) is 0 Å². The lowest BCUT2D eigenvalue weighted by Gasteiger charge is -2.40. The zero-order chi connectivity index (χ0) is 38.2. The van der Waals surface area contributed by atoms with Crippen molar-refractivity contribution in [2.45, 2.75) is 198 Å². The summed E-state index contributed by atoms with van der Waals surface area (Å²) in [5, 5.41) is 64.2. The molecule has 0 radical (unpaired) electrons. The fourth-order valence-corrected chi connectivity index (χ4v) is 6.23. The molecule has 0 aromatic carbocycles. The van der Waals surface area contributed by atoms with Gasteiger partial charge in [0.1, 0.15) is 24.4 Å². The molecule has 1 amide bonds. The highest BCUT2D eigenvalue weighted by Crippen LogP contribution is 2.23. The fourth-order valence-electron chi connectivity index (χ4n) is 6.23. The summed E-state index contributed by atoms with van der Waals surface area (Å²) >= 11 is 0. The maximum Gasteiger partial charge on any atom is 0.253 e. The molecule has 1 aliphatic rings. The van der Waals surface area contributed by atoms with Crippen LogP contribution in [0.2, 0.25) is 0 Å². The lowest BCUT2D eigenvalue weighted by atomic mass is 9.99. The number of aliphatic hydroxyl groups is 6. The number of carbonyl (C=O) groups excluding carboxylic acids is 1. The van der Waals surface area contributed by atoms with Crippen molar-refractivity contribution < 1.29 is 44.9 Å². The van der Waals surface area contributed by atoms with Crippen molar-refractivity contribution in [3.8, 4) is 0 Å². The van der Waals surface area contributed by atoms with Crippen molar-refractivity contribution >= 4 is 5.91 Å². The van der Waals surface area contributed by atoms with Crippen LogP contribution in [0.4, 0.5) is 0 Å². The van der Waals surface area contributed by atoms with E-state index in [1.54, 1.807) is 18.2 Å². The molecule has 0 unspecified atom stereocenters. The van der Waals surface area contributed by atoms with Gasteiger partial charge in [-0.1, -0.05) is 178 Å². The van der Waals surface area contributed by atoms with Gasteiger partial charge in [-0.05, 0) is 18.9 Å². The number of unbranched alkanes of at least 4 members (excludes halogenated alkanes) is 18. The van der Waals surface area contributed by atoms with Gasteiger partial charge in [0.05, 0.1) is 25.4 Å². The number of allylic oxidation sites excluding steroid dienone is 7. The first-order chi connectivity index (χ1) is 25.3. The molecular weight excluding hydrogens is 662 g/mol. The van der Waals surface area contributed by atoms with Crippen LogP contribution in [0.1, 0.15) is 149 Å². The van der Waals surface area contributed by atoms with E-state index in [2.05, 4.69) is 25.2 Å². The van der Waals surface area contributed by atoms with Crippen LogP contribution in [0.25, 0.3) is 0 Å². The number of rotatable bonds is 32. The molecule has 0 aromatic heterocycles. The Morgan fingerprint density at radius 2 is 1.17 bits per heavy atom. The zero-order valence-corrected chi connectivity index (χ0v) is 32.4. The molecule has 10 heteroatoms. The van der Waals surface area contributed by atoms with Gasteiger partial charge in [-0.15, -0.1) is 0 Å². The average molecular weight is 738 g/mol. The maximum absolute atomic E-state index is 12.9. The second-order valence-electron chi connectivity index (χ2n) is 14.3. The summed E-state index contributed by atoms with van der Waals surface area (Å²) in [4.78, 5) is 12.9. The molecule has 1 rings (SSSR count). The maximum atomic E-state index is 12.9. The molecule has 0 bridgehead atoms. The Balaban J connectivity index is 2.47. The second-order valence-corrected chi connectivity index (χ2v) is 14.3. The number of carbonyl (C=O) groups is 1. The van der Waals surface area contributed by atoms with Gasteiger partial charge in [-0.2, -0.15) is 0 Å². The summed E-state index contributed by atoms with van der Waals surface area (Å²) in [6.45, 7) is 3.46. The smallest absolute Gasteiger partial charge is 0.253 e. The minimum Gasteiger partial charge on any atom is -0.394 e. The molecule has 1 aliphatic heterocycles. The third-order valence-electron chi connectivity index (χ3n) is 9.64. The molecule has 8 atom stereocenters. The number of hydrogen-bond acceptors (Lipinski definition) is 9. The Bertz CT molecular complexity index is 969. The molecule has 0 saturated carbocycles. The number of hydrogen-bond donors (Lipinski definition) is 7. The van der Waals surface area contributed by atoms with Crippen LogP contribution in [-0.4, -0.2) is 98.7 Å². The molecule has 0 spiro atoms. The van der Waals surface area contributed by atoms with E-state index >= 15 is 0 Å². The van der Waals surface area contributed by atoms with Crippen molar-refractivity contribution in [1.29, 1.82) is 0 Å². The number of ether oxygens (including phenoxy) is 2. The van der Waals surface area contributed by atoms with Gasteiger partial charge in [0.15, 0.2) is 12.4 Å². The first kappa shape index (κ1) is 48.1. The Labute approximate surface area is 315 Å². The van der Waals surface area contributed by atoms with Gasteiger partial charge in [0.25, 0.3) is 5.91 Å². The summed E-state index contributed by atoms with van der Waals surface area (Å²) in [7, 11) is 0. The van der Waals surface area contributed by atoms with Gasteiger partial charge in [-0.3, -0.25) is 4.79 Å². The van der Waals surface area contributed by atoms with Crippen molar-refractivity contribution in [3.63, 3.8) is 0 Å². The normalized spacial score (nSPS) is 23.0. The SMILES string of the molecule is CCC/C=C/C=C/C=C/C=C/[C@@H](O)C(=O)N[C@@H](CO[C@@H]1O[C@H](CO)[C@@H](O)[C@H](O)[C@H]1O)[C@H](O)CCCCCCCCCCCCCCCCCCCC. The summed E-state index contributed by atoms with van der Waals surface area (Å²) in [5.74, 6) is -0.734. The van der Waals surface area contributed by atoms with Crippen molar-refractivity contribution in [2.24, 2.45) is 0 Å². The Kier molecular flexibility index (Phi) is 30.1. The molecule has 1 fully saturated rings. The molecule has 7 N–H and O–H groups in total. The van der Waals surface area contributed by atoms with Crippen LogP contribution in [0.5, 0.6) is 0 Å². The first-order valence-electron chi connectivity index (χ1n) is 20.5. The average Bonchev–Trinajstić information content (AvgIpc) is 3.14. The first-order valence-corrected chi connectivity index (χ1v) is 20.5. The van der Waals surface area contributed by atoms with E-state index in [1.807, 2.05) is 18.2 Å². The van der Waals surface area contributed by atoms with Crippen LogP contribution < -0.4 is 5.32 Å². The molecule has 10 nitrogen and oxygen atoms in total. The highest BCUT2D eigenvalue weighted by molar-refractivity contribution is 5.82. The van der Waals surface area contributed by atoms with Crippen LogP contribution in [0, 0.1) is 0 Å². The Morgan fingerprint density at radius 3 is 1.69 bits per heavy atom. The Hall–Kier alpha value is -1.89. The second kappa shape index (κ2) is 32.5. The lowest BCUT2D eigenvalue weighted by Crippen LogP contribution is -2.60. The van der Waals surface area contributed by atoms with Crippen molar-refractivity contribution in [1.82, 2.24) is 5.32 Å². The van der Waals surface area contributed by atoms with Crippen LogP contribution in [0.15, 0.2) is 48.6 Å². The topological polar surface area (TPSA) is 169 Å². The van der Waals surface area contributed by atoms with Gasteiger partial charge in [-0.25, -0.2) is 0 Å². The molecule has 0 aliphatic carbocycles. The van der Waals surface area contributed by atoms with Gasteiger partial charge in [0, 0.05) is 0 Å². The predicted octanol–water partition coefficient (Wildman–Crippen LogP) is 6.47. The van der Waals surface area contributed by atoms with E-state index < -0.39 is 61.5 Å². The predicted molar refractivity (Wildman–Crippen MR) is 209 cm³/mol. The van der Waals surface area contributed by atoms with Crippen molar-refractivity contribution in [2.75, 3.05) is 13.2 Å². The standard InChI is InChI=1S/C42H75NO9/c1-3-5-7-9-11-13-14-15-16-17-18-19-20-21-23-24-26-28-30-35(45)34(33-51-42-40(49)39(48)38(47)37(32-44)52-42)43-41(50)36(46)31-29-27-25-22-12-10-8-6-4-2/h8,10,12,22,25,27,29,31,34-40,42,44-49H,3-7,9,11,13-21,23-24,26,28,30,32-33H2,1-2H3,(H,43,50)/b10-8+,22-12+,27-25+,31-29+/t34-,35+,36+,37+,38+,39-,40+,42+/m0/s1. The molecule has 1 saturated heterocycles. The van der Waals surface area contributed by atoms with Crippen molar-refractivity contribution in [3.05, 3.63) is 48.6 Å². The van der Waals surface area contributed by atoms with Crippen LogP contribution >= 0.6 is 0 Å². The molecule has 52 heavy (non-hydrogen) atoms. The third kappa shape index (κ3) is 23.0. The van der Waals surface area contributed by atoms with E-state index in [0.717, 1.165) is 38.5 Å². The lowest BCUT2D eigenvalue weighted by molar-refractivity contribution is -0.302. The molecule has 302 valence electrons. The van der Waals surface area contributed by atoms with E-state index in [9.17, 15) is 35.4 Å². The highest BCUT2D eigenvalue weighted by Gasteiger charge is 2.44. The van der Waals surface area contributed by atoms with E-state index in [4.69, 9.17) is 9.47 Å². The van der Waals surface area contributed by atoms with Gasteiger partial charge < -0.3 is 45.4 Å². The largest absolute Gasteiger partial charge is 0.394 e. The zero-order valence-electron chi connectivity index (χ0n) is 32.4. The van der Waals surface area contributed by atoms with Gasteiger partial charge in [0.2, 0.25) is 0 Å². The van der Waals surface area contributed by atoms with E-state index in [0.29, 0.717) is 6.42 Å². The quantitative estimate of drug-likeness (QED) is 0.0303. The van der Waals surface area contributed by atoms with Crippen LogP contribution in [-0.2, 0) is 14.3 Å². The van der Waals surface area contributed by atoms with Gasteiger partial charge >= 0.3 is 0 Å². The summed E-state index contributed by atoms with van der Waals surface area (Å²) in [6, 6.07) is -0.956. The summed E-state index contributed by atoms with van der Waals surface area (Å²) < 4.78 is 11.1.